The molecule has 0 aromatic heterocycles. The van der Waals surface area contributed by atoms with E-state index in [-0.39, 0.29) is 11.4 Å². The Balaban J connectivity index is 1.97. The van der Waals surface area contributed by atoms with Crippen molar-refractivity contribution in [1.29, 1.82) is 5.26 Å². The number of benzene rings is 1. The van der Waals surface area contributed by atoms with Crippen molar-refractivity contribution in [3.05, 3.63) is 41.9 Å². The van der Waals surface area contributed by atoms with Crippen molar-refractivity contribution in [2.24, 2.45) is 5.92 Å². The molecular weight excluding hydrogens is 281 g/mol. The van der Waals surface area contributed by atoms with E-state index in [1.165, 1.54) is 43.3 Å². The van der Waals surface area contributed by atoms with Gasteiger partial charge in [-0.25, -0.2) is 4.39 Å². The van der Waals surface area contributed by atoms with Crippen LogP contribution in [0.15, 0.2) is 36.0 Å². The number of rotatable bonds is 4. The summed E-state index contributed by atoms with van der Waals surface area (Å²) in [5.74, 6) is -0.336. The van der Waals surface area contributed by atoms with Gasteiger partial charge < -0.3 is 10.6 Å². The first-order valence-electron chi connectivity index (χ1n) is 7.53. The van der Waals surface area contributed by atoms with E-state index in [9.17, 15) is 9.18 Å². The van der Waals surface area contributed by atoms with Crippen LogP contribution in [0, 0.1) is 23.1 Å². The largest absolute Gasteiger partial charge is 0.387 e. The lowest BCUT2D eigenvalue weighted by Gasteiger charge is -2.29. The minimum absolute atomic E-state index is 0.0158. The van der Waals surface area contributed by atoms with Gasteiger partial charge in [0.05, 0.1) is 0 Å². The average Bonchev–Trinajstić information content (AvgIpc) is 2.52. The number of carbonyl (C=O) groups is 1. The fourth-order valence-corrected chi connectivity index (χ4v) is 2.63. The lowest BCUT2D eigenvalue weighted by atomic mass is 9.86. The molecule has 2 atom stereocenters. The molecule has 1 saturated carbocycles. The maximum atomic E-state index is 12.8. The van der Waals surface area contributed by atoms with Gasteiger partial charge in [-0.1, -0.05) is 19.8 Å². The third-order valence-corrected chi connectivity index (χ3v) is 4.02. The van der Waals surface area contributed by atoms with Gasteiger partial charge >= 0.3 is 0 Å². The standard InChI is InChI=1S/C17H20FN3O/c1-12-4-2-3-5-16(12)20-11-13(10-19)17(22)21-15-8-6-14(18)7-9-15/h6-9,11-12,16,20H,2-5H2,1H3,(H,21,22)/b13-11-. The highest BCUT2D eigenvalue weighted by Gasteiger charge is 2.20. The van der Waals surface area contributed by atoms with Crippen molar-refractivity contribution in [3.63, 3.8) is 0 Å². The zero-order valence-corrected chi connectivity index (χ0v) is 12.6. The Bertz CT molecular complexity index is 589. The summed E-state index contributed by atoms with van der Waals surface area (Å²) in [5.41, 5.74) is 0.473. The molecule has 22 heavy (non-hydrogen) atoms. The summed E-state index contributed by atoms with van der Waals surface area (Å²) >= 11 is 0. The Morgan fingerprint density at radius 2 is 2.00 bits per heavy atom. The van der Waals surface area contributed by atoms with Crippen LogP contribution in [-0.4, -0.2) is 11.9 Å². The highest BCUT2D eigenvalue weighted by molar-refractivity contribution is 6.06. The zero-order chi connectivity index (χ0) is 15.9. The fourth-order valence-electron chi connectivity index (χ4n) is 2.63. The molecule has 0 saturated heterocycles. The first-order chi connectivity index (χ1) is 10.6. The van der Waals surface area contributed by atoms with Crippen LogP contribution in [0.4, 0.5) is 10.1 Å². The number of carbonyl (C=O) groups excluding carboxylic acids is 1. The van der Waals surface area contributed by atoms with E-state index in [0.717, 1.165) is 12.8 Å². The molecule has 1 aliphatic rings. The average molecular weight is 301 g/mol. The number of hydrogen-bond acceptors (Lipinski definition) is 3. The van der Waals surface area contributed by atoms with Gasteiger partial charge in [0.1, 0.15) is 17.5 Å². The summed E-state index contributed by atoms with van der Waals surface area (Å²) in [5, 5.41) is 14.9. The third-order valence-electron chi connectivity index (χ3n) is 4.02. The maximum Gasteiger partial charge on any atom is 0.267 e. The van der Waals surface area contributed by atoms with Gasteiger partial charge in [-0.05, 0) is 43.0 Å². The molecule has 1 aliphatic carbocycles. The minimum Gasteiger partial charge on any atom is -0.387 e. The second-order valence-corrected chi connectivity index (χ2v) is 5.67. The number of nitriles is 1. The van der Waals surface area contributed by atoms with E-state index in [0.29, 0.717) is 17.6 Å². The lowest BCUT2D eigenvalue weighted by molar-refractivity contribution is -0.112. The van der Waals surface area contributed by atoms with Crippen LogP contribution in [0.3, 0.4) is 0 Å². The van der Waals surface area contributed by atoms with Crippen LogP contribution in [0.25, 0.3) is 0 Å². The Morgan fingerprint density at radius 1 is 1.32 bits per heavy atom. The molecule has 0 radical (unpaired) electrons. The molecule has 2 rings (SSSR count). The molecular formula is C17H20FN3O. The summed E-state index contributed by atoms with van der Waals surface area (Å²) < 4.78 is 12.8. The van der Waals surface area contributed by atoms with Crippen molar-refractivity contribution < 1.29 is 9.18 Å². The molecule has 0 spiro atoms. The van der Waals surface area contributed by atoms with Gasteiger partial charge in [-0.3, -0.25) is 4.79 Å². The van der Waals surface area contributed by atoms with E-state index in [4.69, 9.17) is 5.26 Å². The van der Waals surface area contributed by atoms with Crippen LogP contribution >= 0.6 is 0 Å². The Hall–Kier alpha value is -2.35. The van der Waals surface area contributed by atoms with Gasteiger partial charge in [-0.2, -0.15) is 5.26 Å². The van der Waals surface area contributed by atoms with Gasteiger partial charge in [0.25, 0.3) is 5.91 Å². The summed E-state index contributed by atoms with van der Waals surface area (Å²) in [6.07, 6.45) is 6.11. The highest BCUT2D eigenvalue weighted by Crippen LogP contribution is 2.23. The monoisotopic (exact) mass is 301 g/mol. The Labute approximate surface area is 130 Å². The van der Waals surface area contributed by atoms with Crippen LogP contribution in [0.2, 0.25) is 0 Å². The van der Waals surface area contributed by atoms with E-state index < -0.39 is 5.91 Å². The quantitative estimate of drug-likeness (QED) is 0.662. The molecule has 116 valence electrons. The normalized spacial score (nSPS) is 21.8. The molecule has 0 aliphatic heterocycles. The maximum absolute atomic E-state index is 12.8. The second-order valence-electron chi connectivity index (χ2n) is 5.67. The van der Waals surface area contributed by atoms with Crippen LogP contribution in [-0.2, 0) is 4.79 Å². The van der Waals surface area contributed by atoms with Crippen molar-refractivity contribution in [3.8, 4) is 6.07 Å². The summed E-state index contributed by atoms with van der Waals surface area (Å²) in [6.45, 7) is 2.18. The molecule has 2 unspecified atom stereocenters. The lowest BCUT2D eigenvalue weighted by Crippen LogP contribution is -2.34. The summed E-state index contributed by atoms with van der Waals surface area (Å²) in [7, 11) is 0. The van der Waals surface area contributed by atoms with Gasteiger partial charge in [0.2, 0.25) is 0 Å². The predicted octanol–water partition coefficient (Wildman–Crippen LogP) is 3.34. The fraction of sp³-hybridized carbons (Fsp3) is 0.412. The summed E-state index contributed by atoms with van der Waals surface area (Å²) in [4.78, 5) is 12.0. The number of nitrogens with zero attached hydrogens (tertiary/aromatic N) is 1. The molecule has 1 aromatic rings. The number of nitrogens with one attached hydrogen (secondary N) is 2. The number of anilines is 1. The Morgan fingerprint density at radius 3 is 2.64 bits per heavy atom. The van der Waals surface area contributed by atoms with Crippen molar-refractivity contribution in [2.45, 2.75) is 38.6 Å². The second kappa shape index (κ2) is 7.60. The molecule has 0 heterocycles. The zero-order valence-electron chi connectivity index (χ0n) is 12.6. The molecule has 1 aromatic carbocycles. The molecule has 5 heteroatoms. The topological polar surface area (TPSA) is 64.9 Å². The van der Waals surface area contributed by atoms with Crippen molar-refractivity contribution in [1.82, 2.24) is 5.32 Å². The minimum atomic E-state index is -0.495. The number of amides is 1. The van der Waals surface area contributed by atoms with Crippen molar-refractivity contribution in [2.75, 3.05) is 5.32 Å². The van der Waals surface area contributed by atoms with E-state index in [2.05, 4.69) is 17.6 Å². The molecule has 1 amide bonds. The van der Waals surface area contributed by atoms with E-state index >= 15 is 0 Å². The molecule has 0 bridgehead atoms. The van der Waals surface area contributed by atoms with Crippen LogP contribution < -0.4 is 10.6 Å². The third kappa shape index (κ3) is 4.32. The first-order valence-corrected chi connectivity index (χ1v) is 7.53. The number of hydrogen-bond donors (Lipinski definition) is 2. The van der Waals surface area contributed by atoms with Crippen molar-refractivity contribution >= 4 is 11.6 Å². The van der Waals surface area contributed by atoms with Gasteiger partial charge in [0.15, 0.2) is 0 Å². The molecule has 2 N–H and O–H groups in total. The Kier molecular flexibility index (Phi) is 5.54. The summed E-state index contributed by atoms with van der Waals surface area (Å²) in [6, 6.07) is 7.63. The highest BCUT2D eigenvalue weighted by atomic mass is 19.1. The first kappa shape index (κ1) is 16.0. The number of halogens is 1. The predicted molar refractivity (Wildman–Crippen MR) is 83.3 cm³/mol. The van der Waals surface area contributed by atoms with Gasteiger partial charge in [0, 0.05) is 17.9 Å². The van der Waals surface area contributed by atoms with E-state index in [1.807, 2.05) is 6.07 Å². The smallest absolute Gasteiger partial charge is 0.267 e. The van der Waals surface area contributed by atoms with Gasteiger partial charge in [-0.15, -0.1) is 0 Å². The van der Waals surface area contributed by atoms with E-state index in [1.54, 1.807) is 0 Å². The molecule has 4 nitrogen and oxygen atoms in total. The van der Waals surface area contributed by atoms with Crippen LogP contribution in [0.5, 0.6) is 0 Å². The van der Waals surface area contributed by atoms with Crippen LogP contribution in [0.1, 0.15) is 32.6 Å². The molecule has 1 fully saturated rings. The SMILES string of the molecule is CC1CCCCC1N/C=C(/C#N)C(=O)Nc1ccc(F)cc1.